The lowest BCUT2D eigenvalue weighted by Gasteiger charge is -2.28. The number of ether oxygens (including phenoxy) is 1. The van der Waals surface area contributed by atoms with E-state index in [0.29, 0.717) is 14.9 Å². The third kappa shape index (κ3) is 3.84. The van der Waals surface area contributed by atoms with Crippen molar-refractivity contribution in [3.05, 3.63) is 67.3 Å². The molecular formula is C17H17IN2O4. The van der Waals surface area contributed by atoms with Gasteiger partial charge in [0.2, 0.25) is 0 Å². The van der Waals surface area contributed by atoms with Gasteiger partial charge in [0, 0.05) is 21.3 Å². The first-order valence-corrected chi connectivity index (χ1v) is 8.24. The fourth-order valence-electron chi connectivity index (χ4n) is 2.38. The monoisotopic (exact) mass is 440 g/mol. The Morgan fingerprint density at radius 2 is 1.92 bits per heavy atom. The van der Waals surface area contributed by atoms with Crippen molar-refractivity contribution in [2.24, 2.45) is 0 Å². The molecule has 0 saturated carbocycles. The van der Waals surface area contributed by atoms with Crippen molar-refractivity contribution in [3.63, 3.8) is 0 Å². The number of nitrogens with zero attached hydrogens (tertiary/aromatic N) is 1. The van der Waals surface area contributed by atoms with Crippen LogP contribution in [-0.4, -0.2) is 17.9 Å². The number of amides is 1. The maximum Gasteiger partial charge on any atom is 0.270 e. The summed E-state index contributed by atoms with van der Waals surface area (Å²) in [6, 6.07) is 11.6. The summed E-state index contributed by atoms with van der Waals surface area (Å²) in [4.78, 5) is 22.9. The molecule has 0 aromatic heterocycles. The molecule has 1 amide bonds. The first-order valence-electron chi connectivity index (χ1n) is 7.16. The van der Waals surface area contributed by atoms with Gasteiger partial charge in [-0.15, -0.1) is 0 Å². The van der Waals surface area contributed by atoms with Crippen molar-refractivity contribution >= 4 is 34.2 Å². The molecule has 2 aromatic carbocycles. The number of hydrogen-bond donors (Lipinski definition) is 1. The second kappa shape index (κ2) is 7.16. The number of nitrogens with one attached hydrogen (secondary N) is 1. The highest BCUT2D eigenvalue weighted by atomic mass is 127. The van der Waals surface area contributed by atoms with E-state index in [-0.39, 0.29) is 11.6 Å². The summed E-state index contributed by atoms with van der Waals surface area (Å²) in [7, 11) is 1.58. The van der Waals surface area contributed by atoms with E-state index in [1.165, 1.54) is 18.2 Å². The molecule has 0 saturated heterocycles. The largest absolute Gasteiger partial charge is 0.496 e. The Kier molecular flexibility index (Phi) is 5.43. The van der Waals surface area contributed by atoms with Crippen LogP contribution in [0, 0.1) is 13.7 Å². The molecule has 0 bridgehead atoms. The minimum atomic E-state index is -0.672. The van der Waals surface area contributed by atoms with Gasteiger partial charge in [0.25, 0.3) is 11.6 Å². The zero-order chi connectivity index (χ0) is 17.9. The lowest BCUT2D eigenvalue weighted by atomic mass is 9.93. The average Bonchev–Trinajstić information content (AvgIpc) is 2.54. The van der Waals surface area contributed by atoms with Gasteiger partial charge in [-0.05, 0) is 48.6 Å². The molecule has 7 heteroatoms. The minimum absolute atomic E-state index is 0.0417. The summed E-state index contributed by atoms with van der Waals surface area (Å²) >= 11 is 1.92. The predicted molar refractivity (Wildman–Crippen MR) is 99.3 cm³/mol. The molecule has 24 heavy (non-hydrogen) atoms. The SMILES string of the molecule is COc1ccccc1C(C)(C)NC(=O)c1ccc([N+](=O)[O-])cc1I. The van der Waals surface area contributed by atoms with Crippen molar-refractivity contribution in [2.75, 3.05) is 7.11 Å². The normalized spacial score (nSPS) is 11.0. The van der Waals surface area contributed by atoms with Gasteiger partial charge in [-0.25, -0.2) is 0 Å². The standard InChI is InChI=1S/C17H17IN2O4/c1-17(2,13-6-4-5-7-15(13)24-3)19-16(21)12-9-8-11(20(22)23)10-14(12)18/h4-10H,1-3H3,(H,19,21). The number of nitro groups is 1. The fraction of sp³-hybridized carbons (Fsp3) is 0.235. The molecule has 1 N–H and O–H groups in total. The predicted octanol–water partition coefficient (Wildman–Crippen LogP) is 3.87. The van der Waals surface area contributed by atoms with Gasteiger partial charge < -0.3 is 10.1 Å². The van der Waals surface area contributed by atoms with E-state index in [2.05, 4.69) is 5.32 Å². The van der Waals surface area contributed by atoms with Gasteiger partial charge >= 0.3 is 0 Å². The smallest absolute Gasteiger partial charge is 0.270 e. The number of rotatable bonds is 5. The Morgan fingerprint density at radius 3 is 2.50 bits per heavy atom. The number of hydrogen-bond acceptors (Lipinski definition) is 4. The molecule has 0 radical (unpaired) electrons. The van der Waals surface area contributed by atoms with E-state index in [1.807, 2.05) is 60.7 Å². The van der Waals surface area contributed by atoms with Gasteiger partial charge in [0.1, 0.15) is 5.75 Å². The average molecular weight is 440 g/mol. The van der Waals surface area contributed by atoms with Gasteiger partial charge in [0.15, 0.2) is 0 Å². The molecule has 6 nitrogen and oxygen atoms in total. The number of carbonyl (C=O) groups is 1. The first-order chi connectivity index (χ1) is 11.3. The van der Waals surface area contributed by atoms with E-state index in [9.17, 15) is 14.9 Å². The third-order valence-corrected chi connectivity index (χ3v) is 4.51. The van der Waals surface area contributed by atoms with Crippen LogP contribution in [0.3, 0.4) is 0 Å². The van der Waals surface area contributed by atoms with Crippen LogP contribution in [-0.2, 0) is 5.54 Å². The van der Waals surface area contributed by atoms with Crippen LogP contribution in [0.25, 0.3) is 0 Å². The number of non-ortho nitro benzene ring substituents is 1. The second-order valence-corrected chi connectivity index (χ2v) is 6.86. The molecule has 2 aromatic rings. The number of carbonyl (C=O) groups excluding carboxylic acids is 1. The van der Waals surface area contributed by atoms with E-state index in [0.717, 1.165) is 5.56 Å². The molecule has 0 spiro atoms. The van der Waals surface area contributed by atoms with Crippen LogP contribution in [0.4, 0.5) is 5.69 Å². The molecule has 0 heterocycles. The Bertz CT molecular complexity index is 790. The van der Waals surface area contributed by atoms with E-state index in [1.54, 1.807) is 7.11 Å². The van der Waals surface area contributed by atoms with Crippen LogP contribution >= 0.6 is 22.6 Å². The second-order valence-electron chi connectivity index (χ2n) is 5.70. The summed E-state index contributed by atoms with van der Waals surface area (Å²) < 4.78 is 5.88. The first kappa shape index (κ1) is 18.2. The zero-order valence-electron chi connectivity index (χ0n) is 13.5. The van der Waals surface area contributed by atoms with Crippen LogP contribution < -0.4 is 10.1 Å². The molecule has 0 aliphatic heterocycles. The van der Waals surface area contributed by atoms with Crippen molar-refractivity contribution in [1.82, 2.24) is 5.32 Å². The topological polar surface area (TPSA) is 81.5 Å². The summed E-state index contributed by atoms with van der Waals surface area (Å²) in [5.41, 5.74) is 0.524. The van der Waals surface area contributed by atoms with Crippen molar-refractivity contribution < 1.29 is 14.5 Å². The molecule has 0 atom stereocenters. The molecule has 0 unspecified atom stereocenters. The zero-order valence-corrected chi connectivity index (χ0v) is 15.7. The lowest BCUT2D eigenvalue weighted by Crippen LogP contribution is -2.41. The minimum Gasteiger partial charge on any atom is -0.496 e. The molecule has 0 fully saturated rings. The summed E-state index contributed by atoms with van der Waals surface area (Å²) in [6.07, 6.45) is 0. The van der Waals surface area contributed by atoms with E-state index in [4.69, 9.17) is 4.74 Å². The Hall–Kier alpha value is -2.16. The number of nitro benzene ring substituents is 1. The maximum absolute atomic E-state index is 12.6. The molecular weight excluding hydrogens is 423 g/mol. The molecule has 126 valence electrons. The van der Waals surface area contributed by atoms with Crippen LogP contribution in [0.1, 0.15) is 29.8 Å². The maximum atomic E-state index is 12.6. The Morgan fingerprint density at radius 1 is 1.25 bits per heavy atom. The Labute approximate surface area is 153 Å². The number of para-hydroxylation sites is 1. The molecule has 0 aliphatic carbocycles. The van der Waals surface area contributed by atoms with Gasteiger partial charge in [-0.3, -0.25) is 14.9 Å². The van der Waals surface area contributed by atoms with Crippen LogP contribution in [0.5, 0.6) is 5.75 Å². The molecule has 2 rings (SSSR count). The Balaban J connectivity index is 2.30. The van der Waals surface area contributed by atoms with Crippen molar-refractivity contribution in [2.45, 2.75) is 19.4 Å². The lowest BCUT2D eigenvalue weighted by molar-refractivity contribution is -0.384. The summed E-state index contributed by atoms with van der Waals surface area (Å²) in [5, 5.41) is 13.8. The summed E-state index contributed by atoms with van der Waals surface area (Å²) in [6.45, 7) is 3.75. The quantitative estimate of drug-likeness (QED) is 0.435. The van der Waals surface area contributed by atoms with Crippen LogP contribution in [0.15, 0.2) is 42.5 Å². The van der Waals surface area contributed by atoms with Crippen LogP contribution in [0.2, 0.25) is 0 Å². The van der Waals surface area contributed by atoms with Gasteiger partial charge in [-0.2, -0.15) is 0 Å². The van der Waals surface area contributed by atoms with E-state index >= 15 is 0 Å². The molecule has 0 aliphatic rings. The fourth-order valence-corrected chi connectivity index (χ4v) is 3.12. The third-order valence-electron chi connectivity index (χ3n) is 3.61. The van der Waals surface area contributed by atoms with E-state index < -0.39 is 10.5 Å². The number of methoxy groups -OCH3 is 1. The van der Waals surface area contributed by atoms with Gasteiger partial charge in [0.05, 0.1) is 23.1 Å². The highest BCUT2D eigenvalue weighted by molar-refractivity contribution is 14.1. The van der Waals surface area contributed by atoms with Gasteiger partial charge in [-0.1, -0.05) is 18.2 Å². The summed E-state index contributed by atoms with van der Waals surface area (Å²) in [5.74, 6) is 0.381. The highest BCUT2D eigenvalue weighted by Gasteiger charge is 2.27. The van der Waals surface area contributed by atoms with Crippen molar-refractivity contribution in [1.29, 1.82) is 0 Å². The van der Waals surface area contributed by atoms with Crippen molar-refractivity contribution in [3.8, 4) is 5.75 Å². The number of halogens is 1. The number of benzene rings is 2. The highest BCUT2D eigenvalue weighted by Crippen LogP contribution is 2.30.